The predicted molar refractivity (Wildman–Crippen MR) is 79.8 cm³/mol. The highest BCUT2D eigenvalue weighted by Gasteiger charge is 2.09. The minimum Gasteiger partial charge on any atom is -0.481 e. The molecule has 2 N–H and O–H groups in total. The Labute approximate surface area is 128 Å². The van der Waals surface area contributed by atoms with Crippen molar-refractivity contribution < 1.29 is 19.1 Å². The molecule has 2 rings (SSSR count). The maximum Gasteiger partial charge on any atom is 0.307 e. The average molecular weight is 352 g/mol. The van der Waals surface area contributed by atoms with Gasteiger partial charge in [0.2, 0.25) is 0 Å². The van der Waals surface area contributed by atoms with Gasteiger partial charge < -0.3 is 10.4 Å². The largest absolute Gasteiger partial charge is 0.481 e. The van der Waals surface area contributed by atoms with Crippen LogP contribution in [0.4, 0.5) is 10.1 Å². The zero-order chi connectivity index (χ0) is 15.4. The van der Waals surface area contributed by atoms with Gasteiger partial charge in [-0.2, -0.15) is 0 Å². The number of anilines is 1. The fourth-order valence-corrected chi connectivity index (χ4v) is 2.10. The van der Waals surface area contributed by atoms with E-state index >= 15 is 0 Å². The van der Waals surface area contributed by atoms with Gasteiger partial charge in [0.15, 0.2) is 0 Å². The first kappa shape index (κ1) is 15.2. The molecule has 21 heavy (non-hydrogen) atoms. The van der Waals surface area contributed by atoms with E-state index in [2.05, 4.69) is 21.2 Å². The normalized spacial score (nSPS) is 10.2. The van der Waals surface area contributed by atoms with E-state index in [1.165, 1.54) is 18.2 Å². The molecule has 4 nitrogen and oxygen atoms in total. The minimum absolute atomic E-state index is 0.0703. The third-order valence-electron chi connectivity index (χ3n) is 2.75. The second kappa shape index (κ2) is 6.49. The van der Waals surface area contributed by atoms with Crippen LogP contribution in [-0.4, -0.2) is 17.0 Å². The van der Waals surface area contributed by atoms with Crippen LogP contribution in [0.25, 0.3) is 0 Å². The van der Waals surface area contributed by atoms with Crippen molar-refractivity contribution in [3.05, 3.63) is 63.9 Å². The summed E-state index contributed by atoms with van der Waals surface area (Å²) in [6, 6.07) is 10.5. The number of carbonyl (C=O) groups is 2. The van der Waals surface area contributed by atoms with Gasteiger partial charge in [0.25, 0.3) is 5.91 Å². The van der Waals surface area contributed by atoms with Crippen molar-refractivity contribution in [1.29, 1.82) is 0 Å². The molecule has 0 aliphatic carbocycles. The van der Waals surface area contributed by atoms with E-state index in [1.807, 2.05) is 0 Å². The second-order valence-corrected chi connectivity index (χ2v) is 5.20. The lowest BCUT2D eigenvalue weighted by Crippen LogP contribution is -2.12. The van der Waals surface area contributed by atoms with Crippen LogP contribution in [0.15, 0.2) is 46.9 Å². The molecule has 0 saturated heterocycles. The Bertz CT molecular complexity index is 686. The molecule has 0 aliphatic rings. The quantitative estimate of drug-likeness (QED) is 0.886. The first-order valence-corrected chi connectivity index (χ1v) is 6.82. The lowest BCUT2D eigenvalue weighted by atomic mass is 10.1. The van der Waals surface area contributed by atoms with Crippen LogP contribution in [0.1, 0.15) is 15.9 Å². The van der Waals surface area contributed by atoms with Gasteiger partial charge in [0, 0.05) is 11.3 Å². The Kier molecular flexibility index (Phi) is 4.70. The molecule has 1 amide bonds. The summed E-state index contributed by atoms with van der Waals surface area (Å²) in [6.45, 7) is 0. The molecule has 0 unspecified atom stereocenters. The zero-order valence-electron chi connectivity index (χ0n) is 10.8. The number of hydrogen-bond acceptors (Lipinski definition) is 2. The molecule has 0 spiro atoms. The van der Waals surface area contributed by atoms with Gasteiger partial charge in [-0.15, -0.1) is 0 Å². The van der Waals surface area contributed by atoms with Crippen molar-refractivity contribution in [2.45, 2.75) is 6.42 Å². The third kappa shape index (κ3) is 4.13. The topological polar surface area (TPSA) is 66.4 Å². The molecule has 0 atom stereocenters. The molecular formula is C15H11BrFNO3. The summed E-state index contributed by atoms with van der Waals surface area (Å²) in [5.41, 5.74) is 1.50. The first-order chi connectivity index (χ1) is 9.95. The van der Waals surface area contributed by atoms with Gasteiger partial charge >= 0.3 is 5.97 Å². The Hall–Kier alpha value is -2.21. The Balaban J connectivity index is 2.08. The number of carbonyl (C=O) groups excluding carboxylic acids is 1. The predicted octanol–water partition coefficient (Wildman–Crippen LogP) is 3.47. The van der Waals surface area contributed by atoms with E-state index in [0.29, 0.717) is 16.8 Å². The fraction of sp³-hybridized carbons (Fsp3) is 0.0667. The smallest absolute Gasteiger partial charge is 0.307 e. The molecule has 108 valence electrons. The lowest BCUT2D eigenvalue weighted by molar-refractivity contribution is -0.136. The van der Waals surface area contributed by atoms with Crippen molar-refractivity contribution in [3.63, 3.8) is 0 Å². The molecule has 0 saturated carbocycles. The van der Waals surface area contributed by atoms with Crippen LogP contribution in [-0.2, 0) is 11.2 Å². The molecule has 0 fully saturated rings. The Morgan fingerprint density at radius 3 is 2.38 bits per heavy atom. The van der Waals surface area contributed by atoms with Crippen LogP contribution in [0.2, 0.25) is 0 Å². The Morgan fingerprint density at radius 1 is 1.14 bits per heavy atom. The van der Waals surface area contributed by atoms with Crippen LogP contribution < -0.4 is 5.32 Å². The van der Waals surface area contributed by atoms with E-state index in [1.54, 1.807) is 24.3 Å². The number of carboxylic acids is 1. The maximum absolute atomic E-state index is 13.1. The molecule has 0 bridgehead atoms. The van der Waals surface area contributed by atoms with E-state index in [4.69, 9.17) is 5.11 Å². The van der Waals surface area contributed by atoms with E-state index < -0.39 is 11.8 Å². The molecule has 2 aromatic rings. The molecule has 6 heteroatoms. The molecule has 2 aromatic carbocycles. The van der Waals surface area contributed by atoms with Gasteiger partial charge in [0.1, 0.15) is 5.82 Å². The summed E-state index contributed by atoms with van der Waals surface area (Å²) in [7, 11) is 0. The number of benzene rings is 2. The van der Waals surface area contributed by atoms with E-state index in [0.717, 1.165) is 0 Å². The molecule has 0 aliphatic heterocycles. The molecule has 0 radical (unpaired) electrons. The van der Waals surface area contributed by atoms with Crippen LogP contribution >= 0.6 is 15.9 Å². The molecule has 0 heterocycles. The second-order valence-electron chi connectivity index (χ2n) is 4.35. The summed E-state index contributed by atoms with van der Waals surface area (Å²) in [6.07, 6.45) is -0.0703. The van der Waals surface area contributed by atoms with Gasteiger partial charge in [-0.25, -0.2) is 4.39 Å². The highest BCUT2D eigenvalue weighted by atomic mass is 79.9. The van der Waals surface area contributed by atoms with Crippen LogP contribution in [0.3, 0.4) is 0 Å². The fourth-order valence-electron chi connectivity index (χ4n) is 1.72. The van der Waals surface area contributed by atoms with Gasteiger partial charge in [-0.05, 0) is 51.8 Å². The van der Waals surface area contributed by atoms with E-state index in [-0.39, 0.29) is 16.8 Å². The summed E-state index contributed by atoms with van der Waals surface area (Å²) in [5, 5.41) is 11.3. The zero-order valence-corrected chi connectivity index (χ0v) is 12.4. The van der Waals surface area contributed by atoms with Gasteiger partial charge in [-0.1, -0.05) is 12.1 Å². The number of halogens is 2. The van der Waals surface area contributed by atoms with Crippen molar-refractivity contribution in [2.24, 2.45) is 0 Å². The Morgan fingerprint density at radius 2 is 1.81 bits per heavy atom. The summed E-state index contributed by atoms with van der Waals surface area (Å²) < 4.78 is 13.3. The van der Waals surface area contributed by atoms with Crippen LogP contribution in [0.5, 0.6) is 0 Å². The number of amides is 1. The minimum atomic E-state index is -0.914. The SMILES string of the molecule is O=C(O)Cc1ccc(NC(=O)c2ccc(F)c(Br)c2)cc1. The van der Waals surface area contributed by atoms with Crippen molar-refractivity contribution in [2.75, 3.05) is 5.32 Å². The number of nitrogens with one attached hydrogen (secondary N) is 1. The van der Waals surface area contributed by atoms with Crippen molar-refractivity contribution >= 4 is 33.5 Å². The third-order valence-corrected chi connectivity index (χ3v) is 3.36. The summed E-state index contributed by atoms with van der Waals surface area (Å²) >= 11 is 3.02. The summed E-state index contributed by atoms with van der Waals surface area (Å²) in [4.78, 5) is 22.6. The maximum atomic E-state index is 13.1. The number of hydrogen-bond donors (Lipinski definition) is 2. The number of carboxylic acid groups (broad SMARTS) is 1. The van der Waals surface area contributed by atoms with Crippen molar-refractivity contribution in [3.8, 4) is 0 Å². The number of rotatable bonds is 4. The summed E-state index contributed by atoms with van der Waals surface area (Å²) in [5.74, 6) is -1.73. The van der Waals surface area contributed by atoms with Gasteiger partial charge in [-0.3, -0.25) is 9.59 Å². The highest BCUT2D eigenvalue weighted by molar-refractivity contribution is 9.10. The van der Waals surface area contributed by atoms with Crippen molar-refractivity contribution in [1.82, 2.24) is 0 Å². The van der Waals surface area contributed by atoms with E-state index in [9.17, 15) is 14.0 Å². The lowest BCUT2D eigenvalue weighted by Gasteiger charge is -2.06. The average Bonchev–Trinajstić information content (AvgIpc) is 2.43. The van der Waals surface area contributed by atoms with Gasteiger partial charge in [0.05, 0.1) is 10.9 Å². The molecular weight excluding hydrogens is 341 g/mol. The first-order valence-electron chi connectivity index (χ1n) is 6.03. The standard InChI is InChI=1S/C15H11BrFNO3/c16-12-8-10(3-6-13(12)17)15(21)18-11-4-1-9(2-5-11)7-14(19)20/h1-6,8H,7H2,(H,18,21)(H,19,20). The number of aliphatic carboxylic acids is 1. The van der Waals surface area contributed by atoms with Crippen LogP contribution in [0, 0.1) is 5.82 Å². The monoisotopic (exact) mass is 351 g/mol. The highest BCUT2D eigenvalue weighted by Crippen LogP contribution is 2.18. The molecule has 0 aromatic heterocycles.